The van der Waals surface area contributed by atoms with Gasteiger partial charge in [-0.15, -0.1) is 0 Å². The summed E-state index contributed by atoms with van der Waals surface area (Å²) < 4.78 is 22.5. The number of fused-ring (bicyclic) bond motifs is 2. The average molecular weight is 388 g/mol. The Morgan fingerprint density at radius 2 is 0.931 bits per heavy atom. The lowest BCUT2D eigenvalue weighted by atomic mass is 9.96. The van der Waals surface area contributed by atoms with Crippen LogP contribution in [0.25, 0.3) is 21.5 Å². The zero-order chi connectivity index (χ0) is 20.4. The normalized spacial score (nSPS) is 10.9. The molecule has 0 spiro atoms. The Labute approximate surface area is 170 Å². The Kier molecular flexibility index (Phi) is 5.17. The predicted octanol–water partition coefficient (Wildman–Crippen LogP) is 5.62. The molecule has 0 aliphatic heterocycles. The van der Waals surface area contributed by atoms with Gasteiger partial charge in [0, 0.05) is 17.2 Å². The van der Waals surface area contributed by atoms with Gasteiger partial charge in [-0.3, -0.25) is 0 Å². The molecular formula is C25H24O4. The van der Waals surface area contributed by atoms with Crippen LogP contribution in [0.3, 0.4) is 0 Å². The minimum absolute atomic E-state index is 0.661. The van der Waals surface area contributed by atoms with Gasteiger partial charge in [-0.05, 0) is 58.3 Å². The van der Waals surface area contributed by atoms with E-state index in [4.69, 9.17) is 18.9 Å². The van der Waals surface area contributed by atoms with Crippen LogP contribution in [0.4, 0.5) is 0 Å². The highest BCUT2D eigenvalue weighted by Crippen LogP contribution is 2.37. The molecule has 4 rings (SSSR count). The minimum atomic E-state index is 0.661. The molecule has 0 aliphatic rings. The van der Waals surface area contributed by atoms with Crippen LogP contribution in [-0.2, 0) is 6.42 Å². The highest BCUT2D eigenvalue weighted by molar-refractivity contribution is 5.92. The first-order valence-electron chi connectivity index (χ1n) is 9.45. The highest BCUT2D eigenvalue weighted by Gasteiger charge is 2.14. The molecule has 0 saturated heterocycles. The standard InChI is InChI=1S/C25H24O4/c1-26-22-9-5-7-16-14-24(28-3)18(12-20(16)22)11-19-13-21-17(15-25(19)29-4)8-6-10-23(21)27-2/h5-10,12-15H,11H2,1-4H3. The minimum Gasteiger partial charge on any atom is -0.496 e. The molecule has 0 aliphatic carbocycles. The van der Waals surface area contributed by atoms with Crippen LogP contribution in [0.1, 0.15) is 11.1 Å². The highest BCUT2D eigenvalue weighted by atomic mass is 16.5. The van der Waals surface area contributed by atoms with E-state index in [-0.39, 0.29) is 0 Å². The van der Waals surface area contributed by atoms with Crippen LogP contribution in [0.15, 0.2) is 60.7 Å². The molecule has 148 valence electrons. The molecule has 4 aromatic carbocycles. The summed E-state index contributed by atoms with van der Waals surface area (Å²) in [5.74, 6) is 3.37. The molecule has 0 unspecified atom stereocenters. The quantitative estimate of drug-likeness (QED) is 0.430. The lowest BCUT2D eigenvalue weighted by Gasteiger charge is -2.16. The van der Waals surface area contributed by atoms with E-state index in [0.29, 0.717) is 6.42 Å². The maximum absolute atomic E-state index is 5.70. The third-order valence-corrected chi connectivity index (χ3v) is 5.30. The fraction of sp³-hybridized carbons (Fsp3) is 0.200. The van der Waals surface area contributed by atoms with E-state index in [1.165, 1.54) is 0 Å². The van der Waals surface area contributed by atoms with Crippen molar-refractivity contribution in [3.8, 4) is 23.0 Å². The van der Waals surface area contributed by atoms with Gasteiger partial charge in [0.15, 0.2) is 0 Å². The molecule has 0 amide bonds. The fourth-order valence-electron chi connectivity index (χ4n) is 3.86. The van der Waals surface area contributed by atoms with Gasteiger partial charge in [-0.2, -0.15) is 0 Å². The molecule has 0 saturated carbocycles. The molecule has 0 atom stereocenters. The van der Waals surface area contributed by atoms with Crippen molar-refractivity contribution in [3.63, 3.8) is 0 Å². The zero-order valence-electron chi connectivity index (χ0n) is 17.1. The van der Waals surface area contributed by atoms with Crippen molar-refractivity contribution in [3.05, 3.63) is 71.8 Å². The number of rotatable bonds is 6. The summed E-state index contributed by atoms with van der Waals surface area (Å²) in [6, 6.07) is 20.4. The second kappa shape index (κ2) is 7.92. The fourth-order valence-corrected chi connectivity index (χ4v) is 3.86. The van der Waals surface area contributed by atoms with Gasteiger partial charge in [0.1, 0.15) is 23.0 Å². The molecule has 0 aromatic heterocycles. The van der Waals surface area contributed by atoms with Crippen LogP contribution in [0, 0.1) is 0 Å². The predicted molar refractivity (Wildman–Crippen MR) is 117 cm³/mol. The van der Waals surface area contributed by atoms with E-state index in [9.17, 15) is 0 Å². The summed E-state index contributed by atoms with van der Waals surface area (Å²) in [5, 5.41) is 4.28. The van der Waals surface area contributed by atoms with Crippen molar-refractivity contribution in [2.45, 2.75) is 6.42 Å². The first kappa shape index (κ1) is 18.9. The monoisotopic (exact) mass is 388 g/mol. The summed E-state index contributed by atoms with van der Waals surface area (Å²) >= 11 is 0. The van der Waals surface area contributed by atoms with Crippen LogP contribution in [0.5, 0.6) is 23.0 Å². The van der Waals surface area contributed by atoms with Gasteiger partial charge in [0.2, 0.25) is 0 Å². The van der Waals surface area contributed by atoms with Crippen molar-refractivity contribution >= 4 is 21.5 Å². The maximum atomic E-state index is 5.70. The third kappa shape index (κ3) is 3.42. The van der Waals surface area contributed by atoms with Gasteiger partial charge in [0.05, 0.1) is 28.4 Å². The van der Waals surface area contributed by atoms with Gasteiger partial charge >= 0.3 is 0 Å². The van der Waals surface area contributed by atoms with Gasteiger partial charge in [0.25, 0.3) is 0 Å². The molecule has 4 nitrogen and oxygen atoms in total. The summed E-state index contributed by atoms with van der Waals surface area (Å²) in [7, 11) is 6.78. The van der Waals surface area contributed by atoms with Crippen molar-refractivity contribution in [1.29, 1.82) is 0 Å². The molecule has 4 aromatic rings. The maximum Gasteiger partial charge on any atom is 0.126 e. The smallest absolute Gasteiger partial charge is 0.126 e. The molecular weight excluding hydrogens is 364 g/mol. The summed E-state index contributed by atoms with van der Waals surface area (Å²) in [4.78, 5) is 0. The van der Waals surface area contributed by atoms with Crippen LogP contribution < -0.4 is 18.9 Å². The number of hydrogen-bond donors (Lipinski definition) is 0. The second-order valence-electron chi connectivity index (χ2n) is 6.87. The largest absolute Gasteiger partial charge is 0.496 e. The Balaban J connectivity index is 1.88. The van der Waals surface area contributed by atoms with Crippen LogP contribution in [0.2, 0.25) is 0 Å². The van der Waals surface area contributed by atoms with Crippen molar-refractivity contribution in [2.24, 2.45) is 0 Å². The zero-order valence-corrected chi connectivity index (χ0v) is 17.1. The number of benzene rings is 4. The van der Waals surface area contributed by atoms with Crippen molar-refractivity contribution < 1.29 is 18.9 Å². The third-order valence-electron chi connectivity index (χ3n) is 5.30. The van der Waals surface area contributed by atoms with E-state index >= 15 is 0 Å². The molecule has 0 bridgehead atoms. The Morgan fingerprint density at radius 1 is 0.517 bits per heavy atom. The number of hydrogen-bond acceptors (Lipinski definition) is 4. The lowest BCUT2D eigenvalue weighted by molar-refractivity contribution is 0.405. The van der Waals surface area contributed by atoms with E-state index in [1.807, 2.05) is 24.3 Å². The second-order valence-corrected chi connectivity index (χ2v) is 6.87. The van der Waals surface area contributed by atoms with E-state index in [0.717, 1.165) is 55.7 Å². The first-order chi connectivity index (χ1) is 14.2. The molecule has 4 heteroatoms. The van der Waals surface area contributed by atoms with Crippen molar-refractivity contribution in [2.75, 3.05) is 28.4 Å². The molecule has 29 heavy (non-hydrogen) atoms. The van der Waals surface area contributed by atoms with E-state index < -0.39 is 0 Å². The SMILES string of the molecule is COc1cc2cccc(OC)c2cc1Cc1cc2c(OC)cccc2cc1OC. The number of ether oxygens (including phenoxy) is 4. The van der Waals surface area contributed by atoms with Crippen LogP contribution >= 0.6 is 0 Å². The molecule has 0 heterocycles. The van der Waals surface area contributed by atoms with Gasteiger partial charge < -0.3 is 18.9 Å². The summed E-state index contributed by atoms with van der Waals surface area (Å²) in [5.41, 5.74) is 2.13. The van der Waals surface area contributed by atoms with E-state index in [1.54, 1.807) is 28.4 Å². The number of methoxy groups -OCH3 is 4. The van der Waals surface area contributed by atoms with Gasteiger partial charge in [-0.1, -0.05) is 24.3 Å². The molecule has 0 N–H and O–H groups in total. The van der Waals surface area contributed by atoms with Crippen molar-refractivity contribution in [1.82, 2.24) is 0 Å². The lowest BCUT2D eigenvalue weighted by Crippen LogP contribution is -1.98. The van der Waals surface area contributed by atoms with E-state index in [2.05, 4.69) is 36.4 Å². The van der Waals surface area contributed by atoms with Crippen LogP contribution in [-0.4, -0.2) is 28.4 Å². The Bertz CT molecular complexity index is 1090. The average Bonchev–Trinajstić information content (AvgIpc) is 2.77. The first-order valence-corrected chi connectivity index (χ1v) is 9.45. The van der Waals surface area contributed by atoms with Gasteiger partial charge in [-0.25, -0.2) is 0 Å². The summed E-state index contributed by atoms with van der Waals surface area (Å²) in [6.07, 6.45) is 0.661. The Morgan fingerprint density at radius 3 is 1.31 bits per heavy atom. The molecule has 0 fully saturated rings. The topological polar surface area (TPSA) is 36.9 Å². The molecule has 0 radical (unpaired) electrons. The Hall–Kier alpha value is -3.40. The summed E-state index contributed by atoms with van der Waals surface area (Å²) in [6.45, 7) is 0.